The van der Waals surface area contributed by atoms with Crippen molar-refractivity contribution in [2.45, 2.75) is 9.14 Å². The molecular formula is C43H35Br2NP2+2. The van der Waals surface area contributed by atoms with E-state index in [1.54, 1.807) is 0 Å². The lowest BCUT2D eigenvalue weighted by atomic mass is 10.3. The first-order chi connectivity index (χ1) is 23.7. The van der Waals surface area contributed by atoms with Gasteiger partial charge in [0.1, 0.15) is 46.4 Å². The average Bonchev–Trinajstić information content (AvgIpc) is 3.18. The van der Waals surface area contributed by atoms with Crippen LogP contribution in [-0.2, 0) is 0 Å². The monoisotopic (exact) mass is 785 g/mol. The normalized spacial score (nSPS) is 13.0. The molecule has 1 aromatic heterocycles. The molecule has 1 heterocycles. The molecule has 0 aliphatic carbocycles. The summed E-state index contributed by atoms with van der Waals surface area (Å²) < 4.78 is -0.149. The first-order valence-electron chi connectivity index (χ1n) is 16.0. The van der Waals surface area contributed by atoms with Crippen molar-refractivity contribution in [1.82, 2.24) is 4.98 Å². The van der Waals surface area contributed by atoms with Gasteiger partial charge in [-0.25, -0.2) is 4.98 Å². The molecular weight excluding hydrogens is 752 g/mol. The Bertz CT molecular complexity index is 1710. The Hall–Kier alpha value is -3.71. The van der Waals surface area contributed by atoms with Crippen molar-refractivity contribution in [2.75, 3.05) is 0 Å². The van der Waals surface area contributed by atoms with Gasteiger partial charge in [0.15, 0.2) is 9.14 Å². The van der Waals surface area contributed by atoms with Crippen molar-refractivity contribution in [1.29, 1.82) is 0 Å². The van der Waals surface area contributed by atoms with Gasteiger partial charge >= 0.3 is 0 Å². The van der Waals surface area contributed by atoms with E-state index in [2.05, 4.69) is 232 Å². The number of benzene rings is 6. The molecule has 2 atom stereocenters. The number of halogens is 2. The van der Waals surface area contributed by atoms with E-state index in [1.807, 2.05) is 0 Å². The molecule has 48 heavy (non-hydrogen) atoms. The zero-order valence-electron chi connectivity index (χ0n) is 26.3. The Morgan fingerprint density at radius 1 is 0.292 bits per heavy atom. The summed E-state index contributed by atoms with van der Waals surface area (Å²) in [7, 11) is -4.57. The van der Waals surface area contributed by atoms with Crippen LogP contribution in [0.5, 0.6) is 0 Å². The average molecular weight is 788 g/mol. The summed E-state index contributed by atoms with van der Waals surface area (Å²) in [6.07, 6.45) is 0. The summed E-state index contributed by atoms with van der Waals surface area (Å²) in [5.41, 5.74) is 2.04. The summed E-state index contributed by atoms with van der Waals surface area (Å²) in [5.74, 6) is 0. The standard InChI is InChI=1S/C43H35Br2NP2/c44-42(47(34-20-7-1-8-21-34,35-22-9-2-10-23-35)36-24-11-3-12-25-36)40-32-19-33-41(46-40)43(45)48(37-26-13-4-14-27-37,38-28-15-5-16-29-38)39-30-17-6-18-31-39/h1-33,42-43H/q+2. The Morgan fingerprint density at radius 3 is 0.708 bits per heavy atom. The predicted molar refractivity (Wildman–Crippen MR) is 218 cm³/mol. The summed E-state index contributed by atoms with van der Waals surface area (Å²) in [5, 5.41) is 7.87. The van der Waals surface area contributed by atoms with Gasteiger partial charge in [-0.2, -0.15) is 0 Å². The van der Waals surface area contributed by atoms with Gasteiger partial charge in [-0.05, 0) is 117 Å². The Morgan fingerprint density at radius 2 is 0.500 bits per heavy atom. The van der Waals surface area contributed by atoms with Gasteiger partial charge in [0.25, 0.3) is 0 Å². The van der Waals surface area contributed by atoms with E-state index < -0.39 is 14.5 Å². The lowest BCUT2D eigenvalue weighted by molar-refractivity contribution is 1.07. The molecule has 7 rings (SSSR count). The van der Waals surface area contributed by atoms with Crippen LogP contribution in [0, 0.1) is 0 Å². The maximum atomic E-state index is 5.62. The molecule has 2 unspecified atom stereocenters. The van der Waals surface area contributed by atoms with Gasteiger partial charge in [0, 0.05) is 0 Å². The minimum atomic E-state index is -2.28. The van der Waals surface area contributed by atoms with Crippen molar-refractivity contribution in [2.24, 2.45) is 0 Å². The second-order valence-corrected chi connectivity index (χ2v) is 21.9. The molecule has 0 aliphatic heterocycles. The number of nitrogens with zero attached hydrogens (tertiary/aromatic N) is 1. The van der Waals surface area contributed by atoms with Gasteiger partial charge < -0.3 is 0 Å². The smallest absolute Gasteiger partial charge is 0.179 e. The maximum Gasteiger partial charge on any atom is 0.179 e. The molecule has 234 valence electrons. The van der Waals surface area contributed by atoms with Crippen LogP contribution in [0.25, 0.3) is 0 Å². The molecule has 0 N–H and O–H groups in total. The van der Waals surface area contributed by atoms with Crippen LogP contribution in [0.2, 0.25) is 0 Å². The van der Waals surface area contributed by atoms with Crippen LogP contribution in [-0.4, -0.2) is 4.98 Å². The Kier molecular flexibility index (Phi) is 10.1. The van der Waals surface area contributed by atoms with Gasteiger partial charge in [0.2, 0.25) is 0 Å². The number of hydrogen-bond acceptors (Lipinski definition) is 1. The van der Waals surface area contributed by atoms with Crippen LogP contribution < -0.4 is 31.8 Å². The fourth-order valence-electron chi connectivity index (χ4n) is 6.79. The van der Waals surface area contributed by atoms with Crippen LogP contribution in [0.1, 0.15) is 20.5 Å². The van der Waals surface area contributed by atoms with Gasteiger partial charge in [-0.3, -0.25) is 0 Å². The SMILES string of the molecule is BrC(c1cccc(C(Br)[P+](c2ccccc2)(c2ccccc2)c2ccccc2)n1)[P+](c1ccccc1)(c1ccccc1)c1ccccc1. The molecule has 0 radical (unpaired) electrons. The molecule has 0 saturated heterocycles. The molecule has 0 spiro atoms. The second kappa shape index (κ2) is 14.8. The maximum absolute atomic E-state index is 5.62. The quantitative estimate of drug-likeness (QED) is 0.0995. The minimum Gasteiger partial charge on any atom is -0.248 e. The van der Waals surface area contributed by atoms with Gasteiger partial charge in [-0.15, -0.1) is 0 Å². The van der Waals surface area contributed by atoms with E-state index >= 15 is 0 Å². The highest BCUT2D eigenvalue weighted by Crippen LogP contribution is 2.71. The minimum absolute atomic E-state index is 0.0743. The van der Waals surface area contributed by atoms with Crippen LogP contribution in [0.15, 0.2) is 200 Å². The van der Waals surface area contributed by atoms with E-state index in [0.717, 1.165) is 11.4 Å². The van der Waals surface area contributed by atoms with E-state index in [4.69, 9.17) is 4.98 Å². The van der Waals surface area contributed by atoms with Crippen LogP contribution in [0.4, 0.5) is 0 Å². The van der Waals surface area contributed by atoms with Crippen molar-refractivity contribution in [3.63, 3.8) is 0 Å². The molecule has 0 bridgehead atoms. The highest BCUT2D eigenvalue weighted by Gasteiger charge is 2.55. The number of pyridine rings is 1. The highest BCUT2D eigenvalue weighted by molar-refractivity contribution is 9.11. The summed E-state index contributed by atoms with van der Waals surface area (Å²) in [6.45, 7) is 0. The lowest BCUT2D eigenvalue weighted by Gasteiger charge is -2.33. The van der Waals surface area contributed by atoms with Crippen molar-refractivity contribution in [3.8, 4) is 0 Å². The Labute approximate surface area is 302 Å². The van der Waals surface area contributed by atoms with E-state index in [-0.39, 0.29) is 9.14 Å². The molecule has 0 saturated carbocycles. The first-order valence-corrected chi connectivity index (χ1v) is 21.6. The van der Waals surface area contributed by atoms with Crippen molar-refractivity contribution >= 4 is 78.2 Å². The zero-order valence-corrected chi connectivity index (χ0v) is 31.3. The number of aromatic nitrogens is 1. The molecule has 7 aromatic rings. The largest absolute Gasteiger partial charge is 0.248 e. The first kappa shape index (κ1) is 32.8. The molecule has 6 aromatic carbocycles. The predicted octanol–water partition coefficient (Wildman–Crippen LogP) is 9.86. The number of rotatable bonds is 10. The summed E-state index contributed by atoms with van der Waals surface area (Å²) in [4.78, 5) is 5.62. The van der Waals surface area contributed by atoms with Crippen LogP contribution in [0.3, 0.4) is 0 Å². The highest BCUT2D eigenvalue weighted by atomic mass is 79.9. The molecule has 0 aliphatic rings. The Balaban J connectivity index is 1.45. The van der Waals surface area contributed by atoms with Gasteiger partial charge in [0.05, 0.1) is 11.4 Å². The molecule has 1 nitrogen and oxygen atoms in total. The number of hydrogen-bond donors (Lipinski definition) is 0. The van der Waals surface area contributed by atoms with Crippen molar-refractivity contribution in [3.05, 3.63) is 212 Å². The van der Waals surface area contributed by atoms with Crippen LogP contribution >= 0.6 is 46.4 Å². The third kappa shape index (κ3) is 5.93. The van der Waals surface area contributed by atoms with E-state index in [0.29, 0.717) is 0 Å². The summed E-state index contributed by atoms with van der Waals surface area (Å²) >= 11 is 8.74. The summed E-state index contributed by atoms with van der Waals surface area (Å²) in [6, 6.07) is 72.6. The molecule has 0 amide bonds. The zero-order chi connectivity index (χ0) is 32.8. The third-order valence-corrected chi connectivity index (χ3v) is 22.1. The molecule has 0 fully saturated rings. The fourth-order valence-corrected chi connectivity index (χ4v) is 19.9. The lowest BCUT2D eigenvalue weighted by Crippen LogP contribution is -2.34. The second-order valence-electron chi connectivity index (χ2n) is 11.6. The van der Waals surface area contributed by atoms with E-state index in [1.165, 1.54) is 31.8 Å². The van der Waals surface area contributed by atoms with Crippen molar-refractivity contribution < 1.29 is 0 Å². The molecule has 5 heteroatoms. The topological polar surface area (TPSA) is 12.9 Å². The number of alkyl halides is 2. The van der Waals surface area contributed by atoms with E-state index in [9.17, 15) is 0 Å². The van der Waals surface area contributed by atoms with Gasteiger partial charge in [-0.1, -0.05) is 115 Å². The third-order valence-electron chi connectivity index (χ3n) is 8.94. The fraction of sp³-hybridized carbons (Fsp3) is 0.0465.